The molecule has 0 aromatic heterocycles. The molecule has 4 aliphatic rings. The Morgan fingerprint density at radius 3 is 2.54 bits per heavy atom. The third kappa shape index (κ3) is 5.26. The van der Waals surface area contributed by atoms with Gasteiger partial charge >= 0.3 is 6.09 Å². The number of ether oxygens (including phenoxy) is 1. The van der Waals surface area contributed by atoms with Gasteiger partial charge in [0, 0.05) is 12.1 Å². The molecule has 37 heavy (non-hydrogen) atoms. The van der Waals surface area contributed by atoms with Gasteiger partial charge in [-0.15, -0.1) is 0 Å². The molecule has 0 unspecified atom stereocenters. The fraction of sp³-hybridized carbons (Fsp3) is 0.735. The van der Waals surface area contributed by atoms with E-state index in [-0.39, 0.29) is 12.2 Å². The van der Waals surface area contributed by atoms with Crippen LogP contribution < -0.4 is 5.32 Å². The van der Waals surface area contributed by atoms with Crippen LogP contribution in [-0.2, 0) is 4.74 Å². The average molecular weight is 506 g/mol. The molecule has 204 valence electrons. The molecule has 0 spiro atoms. The van der Waals surface area contributed by atoms with E-state index in [0.29, 0.717) is 10.8 Å². The molecule has 1 aromatic carbocycles. The number of fused-ring (bicyclic) bond motifs is 5. The van der Waals surface area contributed by atoms with E-state index < -0.39 is 0 Å². The van der Waals surface area contributed by atoms with Crippen LogP contribution in [0.2, 0.25) is 0 Å². The third-order valence-corrected chi connectivity index (χ3v) is 11.6. The molecule has 1 amide bonds. The predicted octanol–water partition coefficient (Wildman–Crippen LogP) is 9.65. The number of carbonyl (C=O) groups is 1. The molecule has 3 nitrogen and oxygen atoms in total. The summed E-state index contributed by atoms with van der Waals surface area (Å²) in [6.07, 6.45) is 16.5. The molecule has 0 saturated heterocycles. The van der Waals surface area contributed by atoms with Gasteiger partial charge < -0.3 is 4.74 Å². The maximum atomic E-state index is 12.5. The standard InChI is InChI=1S/C34H51NO2/c1-23(2)10-9-11-24(3)29-16-17-30-28-15-14-25-22-27(37-32(36)35-26-12-7-6-8-13-26)18-20-33(25,4)31(28)19-21-34(29,30)5/h6-8,12-14,23-24,27-31H,9-11,15-22H2,1-5H3,(H,35,36)/t24-,27-,28+,29-,30+,31+,33+,34-/m1/s1. The molecule has 0 bridgehead atoms. The fourth-order valence-corrected chi connectivity index (χ4v) is 9.57. The van der Waals surface area contributed by atoms with Gasteiger partial charge in [0.05, 0.1) is 0 Å². The summed E-state index contributed by atoms with van der Waals surface area (Å²) in [6, 6.07) is 9.62. The van der Waals surface area contributed by atoms with Crippen molar-refractivity contribution in [3.63, 3.8) is 0 Å². The quantitative estimate of drug-likeness (QED) is 0.375. The first-order valence-corrected chi connectivity index (χ1v) is 15.4. The molecule has 4 aliphatic carbocycles. The molecule has 0 radical (unpaired) electrons. The lowest BCUT2D eigenvalue weighted by atomic mass is 9.47. The maximum Gasteiger partial charge on any atom is 0.411 e. The van der Waals surface area contributed by atoms with Gasteiger partial charge in [0.25, 0.3) is 0 Å². The fourth-order valence-electron chi connectivity index (χ4n) is 9.57. The first kappa shape index (κ1) is 26.8. The highest BCUT2D eigenvalue weighted by Gasteiger charge is 2.59. The number of benzene rings is 1. The molecular formula is C34H51NO2. The van der Waals surface area contributed by atoms with Gasteiger partial charge in [-0.05, 0) is 103 Å². The highest BCUT2D eigenvalue weighted by atomic mass is 16.6. The summed E-state index contributed by atoms with van der Waals surface area (Å²) < 4.78 is 5.91. The van der Waals surface area contributed by atoms with Crippen LogP contribution in [0, 0.1) is 46.3 Å². The average Bonchev–Trinajstić information content (AvgIpc) is 3.22. The van der Waals surface area contributed by atoms with Crippen molar-refractivity contribution in [1.82, 2.24) is 0 Å². The number of carbonyl (C=O) groups excluding carboxylic acids is 1. The lowest BCUT2D eigenvalue weighted by Gasteiger charge is -2.58. The largest absolute Gasteiger partial charge is 0.446 e. The van der Waals surface area contributed by atoms with Crippen LogP contribution in [0.5, 0.6) is 0 Å². The number of allylic oxidation sites excluding steroid dienone is 1. The molecule has 3 fully saturated rings. The highest BCUT2D eigenvalue weighted by Crippen LogP contribution is 2.67. The molecule has 3 saturated carbocycles. The molecule has 5 rings (SSSR count). The van der Waals surface area contributed by atoms with E-state index >= 15 is 0 Å². The van der Waals surface area contributed by atoms with Gasteiger partial charge in [0.15, 0.2) is 0 Å². The molecule has 8 atom stereocenters. The summed E-state index contributed by atoms with van der Waals surface area (Å²) in [4.78, 5) is 12.5. The van der Waals surface area contributed by atoms with Crippen molar-refractivity contribution in [2.24, 2.45) is 46.3 Å². The molecule has 1 aromatic rings. The van der Waals surface area contributed by atoms with Crippen molar-refractivity contribution < 1.29 is 9.53 Å². The van der Waals surface area contributed by atoms with E-state index in [2.05, 4.69) is 46.0 Å². The van der Waals surface area contributed by atoms with Crippen LogP contribution in [0.1, 0.15) is 105 Å². The summed E-state index contributed by atoms with van der Waals surface area (Å²) in [7, 11) is 0. The minimum absolute atomic E-state index is 0.00371. The van der Waals surface area contributed by atoms with Crippen molar-refractivity contribution in [3.8, 4) is 0 Å². The number of amides is 1. The Labute approximate surface area is 226 Å². The molecular weight excluding hydrogens is 454 g/mol. The van der Waals surface area contributed by atoms with E-state index in [1.54, 1.807) is 5.57 Å². The van der Waals surface area contributed by atoms with Gasteiger partial charge in [-0.1, -0.05) is 83.7 Å². The SMILES string of the molecule is CC(C)CCC[C@@H](C)[C@H]1CC[C@H]2[C@@H]3CC=C4C[C@H](OC(=O)Nc5ccccc5)CC[C@]4(C)[C@H]3CC[C@]12C. The predicted molar refractivity (Wildman–Crippen MR) is 153 cm³/mol. The van der Waals surface area contributed by atoms with Gasteiger partial charge in [-0.3, -0.25) is 5.32 Å². The normalized spacial score (nSPS) is 37.7. The van der Waals surface area contributed by atoms with Crippen LogP contribution in [0.15, 0.2) is 42.0 Å². The summed E-state index contributed by atoms with van der Waals surface area (Å²) in [6.45, 7) is 12.5. The van der Waals surface area contributed by atoms with Crippen LogP contribution in [0.4, 0.5) is 10.5 Å². The zero-order chi connectivity index (χ0) is 26.2. The van der Waals surface area contributed by atoms with E-state index in [1.807, 2.05) is 30.3 Å². The summed E-state index contributed by atoms with van der Waals surface area (Å²) >= 11 is 0. The topological polar surface area (TPSA) is 38.3 Å². The smallest absolute Gasteiger partial charge is 0.411 e. The second kappa shape index (κ2) is 10.8. The minimum atomic E-state index is -0.318. The lowest BCUT2D eigenvalue weighted by molar-refractivity contribution is -0.0577. The van der Waals surface area contributed by atoms with E-state index in [9.17, 15) is 4.79 Å². The van der Waals surface area contributed by atoms with Crippen molar-refractivity contribution in [1.29, 1.82) is 0 Å². The molecule has 0 heterocycles. The Morgan fingerprint density at radius 2 is 1.78 bits per heavy atom. The van der Waals surface area contributed by atoms with Crippen molar-refractivity contribution in [3.05, 3.63) is 42.0 Å². The number of para-hydroxylation sites is 1. The highest BCUT2D eigenvalue weighted by molar-refractivity contribution is 5.84. The Bertz CT molecular complexity index is 969. The second-order valence-corrected chi connectivity index (χ2v) is 14.1. The van der Waals surface area contributed by atoms with E-state index in [4.69, 9.17) is 4.74 Å². The third-order valence-electron chi connectivity index (χ3n) is 11.6. The van der Waals surface area contributed by atoms with E-state index in [1.165, 1.54) is 51.4 Å². The van der Waals surface area contributed by atoms with Crippen molar-refractivity contribution in [2.75, 3.05) is 5.32 Å². The zero-order valence-corrected chi connectivity index (χ0v) is 24.1. The molecule has 0 aliphatic heterocycles. The Morgan fingerprint density at radius 1 is 1.00 bits per heavy atom. The first-order chi connectivity index (χ1) is 17.7. The van der Waals surface area contributed by atoms with Crippen LogP contribution in [0.25, 0.3) is 0 Å². The maximum absolute atomic E-state index is 12.5. The van der Waals surface area contributed by atoms with Crippen molar-refractivity contribution >= 4 is 11.8 Å². The van der Waals surface area contributed by atoms with Gasteiger partial charge in [0.2, 0.25) is 0 Å². The molecule has 3 heteroatoms. The second-order valence-electron chi connectivity index (χ2n) is 14.1. The van der Waals surface area contributed by atoms with Gasteiger partial charge in [0.1, 0.15) is 6.10 Å². The van der Waals surface area contributed by atoms with Crippen LogP contribution >= 0.6 is 0 Å². The van der Waals surface area contributed by atoms with E-state index in [0.717, 1.165) is 60.5 Å². The zero-order valence-electron chi connectivity index (χ0n) is 24.1. The monoisotopic (exact) mass is 505 g/mol. The summed E-state index contributed by atoms with van der Waals surface area (Å²) in [5, 5.41) is 2.90. The lowest BCUT2D eigenvalue weighted by Crippen LogP contribution is -2.51. The number of nitrogens with one attached hydrogen (secondary N) is 1. The molecule has 1 N–H and O–H groups in total. The Balaban J connectivity index is 1.22. The number of anilines is 1. The summed E-state index contributed by atoms with van der Waals surface area (Å²) in [5.41, 5.74) is 3.21. The van der Waals surface area contributed by atoms with Crippen molar-refractivity contribution in [2.45, 2.75) is 111 Å². The number of hydrogen-bond donors (Lipinski definition) is 1. The minimum Gasteiger partial charge on any atom is -0.446 e. The first-order valence-electron chi connectivity index (χ1n) is 15.4. The summed E-state index contributed by atoms with van der Waals surface area (Å²) in [5.74, 6) is 5.15. The Hall–Kier alpha value is -1.77. The Kier molecular flexibility index (Phi) is 7.81. The van der Waals surface area contributed by atoms with Crippen LogP contribution in [0.3, 0.4) is 0 Å². The number of rotatable bonds is 7. The van der Waals surface area contributed by atoms with Gasteiger partial charge in [-0.25, -0.2) is 4.79 Å². The van der Waals surface area contributed by atoms with Crippen LogP contribution in [-0.4, -0.2) is 12.2 Å². The van der Waals surface area contributed by atoms with Gasteiger partial charge in [-0.2, -0.15) is 0 Å². The number of hydrogen-bond acceptors (Lipinski definition) is 2.